The molecular weight excluding hydrogens is 282 g/mol. The van der Waals surface area contributed by atoms with Gasteiger partial charge >= 0.3 is 6.09 Å². The van der Waals surface area contributed by atoms with Crippen LogP contribution in [0.3, 0.4) is 0 Å². The number of hydrogen-bond acceptors (Lipinski definition) is 5. The van der Waals surface area contributed by atoms with Gasteiger partial charge in [-0.2, -0.15) is 0 Å². The minimum Gasteiger partial charge on any atom is -0.504 e. The van der Waals surface area contributed by atoms with Crippen LogP contribution in [0.15, 0.2) is 18.3 Å². The molecule has 0 spiro atoms. The molecule has 2 heterocycles. The summed E-state index contributed by atoms with van der Waals surface area (Å²) in [6.45, 7) is 6.82. The van der Waals surface area contributed by atoms with Gasteiger partial charge in [-0.15, -0.1) is 0 Å². The Morgan fingerprint density at radius 1 is 1.50 bits per heavy atom. The molecule has 6 heteroatoms. The fourth-order valence-corrected chi connectivity index (χ4v) is 2.62. The van der Waals surface area contributed by atoms with Crippen molar-refractivity contribution in [1.82, 2.24) is 10.3 Å². The smallest absolute Gasteiger partial charge is 0.407 e. The number of hydrogen-bond donors (Lipinski definition) is 2. The summed E-state index contributed by atoms with van der Waals surface area (Å²) >= 11 is 0. The normalized spacial score (nSPS) is 18.9. The number of piperidine rings is 1. The summed E-state index contributed by atoms with van der Waals surface area (Å²) in [4.78, 5) is 18.1. The third-order valence-corrected chi connectivity index (χ3v) is 3.55. The van der Waals surface area contributed by atoms with Gasteiger partial charge in [0.25, 0.3) is 0 Å². The van der Waals surface area contributed by atoms with Crippen LogP contribution in [0.2, 0.25) is 0 Å². The molecule has 2 rings (SSSR count). The van der Waals surface area contributed by atoms with Gasteiger partial charge in [0.1, 0.15) is 5.60 Å². The van der Waals surface area contributed by atoms with Gasteiger partial charge in [0, 0.05) is 25.3 Å². The number of nitrogens with zero attached hydrogens (tertiary/aromatic N) is 2. The minimum absolute atomic E-state index is 0.113. The molecule has 1 aromatic rings. The van der Waals surface area contributed by atoms with E-state index in [2.05, 4.69) is 15.2 Å². The highest BCUT2D eigenvalue weighted by molar-refractivity contribution is 5.67. The zero-order chi connectivity index (χ0) is 16.2. The average Bonchev–Trinajstić information content (AvgIpc) is 2.44. The summed E-state index contributed by atoms with van der Waals surface area (Å²) in [5.41, 5.74) is -0.504. The van der Waals surface area contributed by atoms with Crippen molar-refractivity contribution in [3.8, 4) is 5.75 Å². The lowest BCUT2D eigenvalue weighted by Crippen LogP contribution is -2.48. The fraction of sp³-hybridized carbons (Fsp3) is 0.625. The Balaban J connectivity index is 1.99. The zero-order valence-corrected chi connectivity index (χ0v) is 13.5. The first-order valence-electron chi connectivity index (χ1n) is 7.74. The molecule has 22 heavy (non-hydrogen) atoms. The summed E-state index contributed by atoms with van der Waals surface area (Å²) in [6, 6.07) is 3.45. The lowest BCUT2D eigenvalue weighted by Gasteiger charge is -2.37. The van der Waals surface area contributed by atoms with Crippen molar-refractivity contribution < 1.29 is 14.6 Å². The SMILES string of the molecule is CC(C)(C)OC(=O)NC[C@H]1CCCCN1c1ncccc1O. The van der Waals surface area contributed by atoms with E-state index in [4.69, 9.17) is 4.74 Å². The highest BCUT2D eigenvalue weighted by Gasteiger charge is 2.26. The van der Waals surface area contributed by atoms with Crippen LogP contribution in [0.25, 0.3) is 0 Å². The Bertz CT molecular complexity index is 514. The van der Waals surface area contributed by atoms with E-state index in [0.717, 1.165) is 25.8 Å². The van der Waals surface area contributed by atoms with E-state index >= 15 is 0 Å². The molecule has 1 fully saturated rings. The van der Waals surface area contributed by atoms with Crippen LogP contribution >= 0.6 is 0 Å². The molecule has 0 aromatic carbocycles. The summed E-state index contributed by atoms with van der Waals surface area (Å²) in [5.74, 6) is 0.754. The van der Waals surface area contributed by atoms with Crippen molar-refractivity contribution in [2.24, 2.45) is 0 Å². The first-order chi connectivity index (χ1) is 10.4. The van der Waals surface area contributed by atoms with Gasteiger partial charge in [-0.3, -0.25) is 0 Å². The zero-order valence-electron chi connectivity index (χ0n) is 13.5. The number of ether oxygens (including phenoxy) is 1. The predicted molar refractivity (Wildman–Crippen MR) is 85.1 cm³/mol. The van der Waals surface area contributed by atoms with Gasteiger partial charge < -0.3 is 20.1 Å². The molecule has 122 valence electrons. The molecular formula is C16H25N3O3. The second-order valence-corrected chi connectivity index (χ2v) is 6.57. The van der Waals surface area contributed by atoms with E-state index in [1.807, 2.05) is 20.8 Å². The lowest BCUT2D eigenvalue weighted by atomic mass is 10.0. The maximum absolute atomic E-state index is 11.8. The topological polar surface area (TPSA) is 74.7 Å². The van der Waals surface area contributed by atoms with Crippen LogP contribution in [0.5, 0.6) is 5.75 Å². The van der Waals surface area contributed by atoms with Crippen molar-refractivity contribution in [3.05, 3.63) is 18.3 Å². The molecule has 0 bridgehead atoms. The van der Waals surface area contributed by atoms with Gasteiger partial charge in [0.05, 0.1) is 0 Å². The largest absolute Gasteiger partial charge is 0.504 e. The van der Waals surface area contributed by atoms with Gasteiger partial charge in [-0.25, -0.2) is 9.78 Å². The standard InChI is InChI=1S/C16H25N3O3/c1-16(2,3)22-15(21)18-11-12-7-4-5-10-19(12)14-13(20)8-6-9-17-14/h6,8-9,12,20H,4-5,7,10-11H2,1-3H3,(H,18,21)/t12-/m1/s1. The third-order valence-electron chi connectivity index (χ3n) is 3.55. The molecule has 0 radical (unpaired) electrons. The van der Waals surface area contributed by atoms with Gasteiger partial charge in [0.2, 0.25) is 0 Å². The Morgan fingerprint density at radius 3 is 2.95 bits per heavy atom. The second kappa shape index (κ2) is 6.85. The number of anilines is 1. The predicted octanol–water partition coefficient (Wildman–Crippen LogP) is 2.67. The Kier molecular flexibility index (Phi) is 5.11. The Labute approximate surface area is 131 Å². The van der Waals surface area contributed by atoms with E-state index in [0.29, 0.717) is 12.4 Å². The summed E-state index contributed by atoms with van der Waals surface area (Å²) in [7, 11) is 0. The number of rotatable bonds is 3. The molecule has 6 nitrogen and oxygen atoms in total. The average molecular weight is 307 g/mol. The number of carbonyl (C=O) groups excluding carboxylic acids is 1. The van der Waals surface area contributed by atoms with Crippen LogP contribution in [0.4, 0.5) is 10.6 Å². The molecule has 1 atom stereocenters. The molecule has 1 aliphatic rings. The fourth-order valence-electron chi connectivity index (χ4n) is 2.62. The van der Waals surface area contributed by atoms with Crippen LogP contribution < -0.4 is 10.2 Å². The van der Waals surface area contributed by atoms with Crippen LogP contribution in [0, 0.1) is 0 Å². The number of nitrogens with one attached hydrogen (secondary N) is 1. The van der Waals surface area contributed by atoms with Crippen molar-refractivity contribution >= 4 is 11.9 Å². The second-order valence-electron chi connectivity index (χ2n) is 6.57. The highest BCUT2D eigenvalue weighted by Crippen LogP contribution is 2.29. The molecule has 1 amide bonds. The molecule has 1 aromatic heterocycles. The Hall–Kier alpha value is -1.98. The maximum atomic E-state index is 11.8. The first kappa shape index (κ1) is 16.4. The van der Waals surface area contributed by atoms with E-state index in [-0.39, 0.29) is 11.8 Å². The molecule has 0 aliphatic carbocycles. The molecule has 0 unspecified atom stereocenters. The highest BCUT2D eigenvalue weighted by atomic mass is 16.6. The van der Waals surface area contributed by atoms with Crippen LogP contribution in [-0.2, 0) is 4.74 Å². The summed E-state index contributed by atoms with van der Waals surface area (Å²) in [6.07, 6.45) is 4.36. The number of alkyl carbamates (subject to hydrolysis) is 1. The van der Waals surface area contributed by atoms with Gasteiger partial charge in [-0.05, 0) is 52.2 Å². The third kappa shape index (κ3) is 4.51. The number of pyridine rings is 1. The van der Waals surface area contributed by atoms with E-state index in [9.17, 15) is 9.90 Å². The molecule has 0 saturated carbocycles. The van der Waals surface area contributed by atoms with E-state index < -0.39 is 11.7 Å². The number of aromatic hydroxyl groups is 1. The van der Waals surface area contributed by atoms with Crippen LogP contribution in [-0.4, -0.2) is 40.9 Å². The minimum atomic E-state index is -0.504. The number of aromatic nitrogens is 1. The monoisotopic (exact) mass is 307 g/mol. The lowest BCUT2D eigenvalue weighted by molar-refractivity contribution is 0.0523. The molecule has 2 N–H and O–H groups in total. The molecule has 1 saturated heterocycles. The van der Waals surface area contributed by atoms with Gasteiger partial charge in [-0.1, -0.05) is 0 Å². The Morgan fingerprint density at radius 2 is 2.27 bits per heavy atom. The quantitative estimate of drug-likeness (QED) is 0.898. The summed E-state index contributed by atoms with van der Waals surface area (Å²) in [5, 5.41) is 12.8. The van der Waals surface area contributed by atoms with Gasteiger partial charge in [0.15, 0.2) is 11.6 Å². The maximum Gasteiger partial charge on any atom is 0.407 e. The molecule has 1 aliphatic heterocycles. The van der Waals surface area contributed by atoms with Crippen molar-refractivity contribution in [3.63, 3.8) is 0 Å². The van der Waals surface area contributed by atoms with E-state index in [1.165, 1.54) is 0 Å². The number of carbonyl (C=O) groups is 1. The number of amides is 1. The van der Waals surface area contributed by atoms with Crippen molar-refractivity contribution in [2.45, 2.75) is 51.7 Å². The van der Waals surface area contributed by atoms with E-state index in [1.54, 1.807) is 18.3 Å². The van der Waals surface area contributed by atoms with Crippen LogP contribution in [0.1, 0.15) is 40.0 Å². The first-order valence-corrected chi connectivity index (χ1v) is 7.74. The van der Waals surface area contributed by atoms with Crippen molar-refractivity contribution in [1.29, 1.82) is 0 Å². The van der Waals surface area contributed by atoms with Crippen molar-refractivity contribution in [2.75, 3.05) is 18.0 Å². The summed E-state index contributed by atoms with van der Waals surface area (Å²) < 4.78 is 5.26.